The Bertz CT molecular complexity index is 876. The van der Waals surface area contributed by atoms with Crippen molar-refractivity contribution < 1.29 is 9.53 Å². The van der Waals surface area contributed by atoms with Gasteiger partial charge >= 0.3 is 5.97 Å². The monoisotopic (exact) mass is 382 g/mol. The number of nitrogens with zero attached hydrogens (tertiary/aromatic N) is 2. The fraction of sp³-hybridized carbons (Fsp3) is 0.364. The first-order valence-electron chi connectivity index (χ1n) is 9.49. The zero-order valence-electron chi connectivity index (χ0n) is 15.9. The van der Waals surface area contributed by atoms with Gasteiger partial charge in [0.2, 0.25) is 0 Å². The zero-order chi connectivity index (χ0) is 19.1. The van der Waals surface area contributed by atoms with Crippen molar-refractivity contribution in [2.24, 2.45) is 0 Å². The van der Waals surface area contributed by atoms with Gasteiger partial charge in [-0.1, -0.05) is 61.2 Å². The molecule has 0 bridgehead atoms. The molecule has 0 saturated carbocycles. The smallest absolute Gasteiger partial charge is 0.326 e. The summed E-state index contributed by atoms with van der Waals surface area (Å²) >= 11 is 1.70. The summed E-state index contributed by atoms with van der Waals surface area (Å²) in [5, 5.41) is 0.880. The minimum Gasteiger partial charge on any atom is -0.461 e. The Labute approximate surface area is 164 Å². The minimum atomic E-state index is -0.210. The molecular weight excluding hydrogens is 356 g/mol. The van der Waals surface area contributed by atoms with E-state index in [9.17, 15) is 4.79 Å². The van der Waals surface area contributed by atoms with E-state index in [-0.39, 0.29) is 18.6 Å². The second-order valence-electron chi connectivity index (χ2n) is 6.62. The lowest BCUT2D eigenvalue weighted by Crippen LogP contribution is -2.19. The molecule has 0 amide bonds. The topological polar surface area (TPSA) is 44.1 Å². The number of esters is 1. The van der Waals surface area contributed by atoms with Gasteiger partial charge in [-0.25, -0.2) is 4.98 Å². The predicted molar refractivity (Wildman–Crippen MR) is 111 cm³/mol. The van der Waals surface area contributed by atoms with E-state index in [0.29, 0.717) is 0 Å². The van der Waals surface area contributed by atoms with Crippen molar-refractivity contribution in [1.82, 2.24) is 9.55 Å². The lowest BCUT2D eigenvalue weighted by molar-refractivity contribution is -0.149. The number of ether oxygens (including phenoxy) is 1. The number of aromatic nitrogens is 2. The highest BCUT2D eigenvalue weighted by Crippen LogP contribution is 2.25. The van der Waals surface area contributed by atoms with E-state index < -0.39 is 0 Å². The van der Waals surface area contributed by atoms with Crippen LogP contribution in [0.2, 0.25) is 0 Å². The first kappa shape index (κ1) is 19.5. The molecule has 1 atom stereocenters. The molecule has 4 nitrogen and oxygen atoms in total. The van der Waals surface area contributed by atoms with Crippen LogP contribution in [0.1, 0.15) is 32.3 Å². The van der Waals surface area contributed by atoms with Crippen LogP contribution in [-0.4, -0.2) is 27.4 Å². The normalized spacial score (nSPS) is 12.2. The maximum Gasteiger partial charge on any atom is 0.326 e. The minimum absolute atomic E-state index is 0.0609. The molecule has 2 aromatic carbocycles. The van der Waals surface area contributed by atoms with Crippen LogP contribution in [-0.2, 0) is 22.5 Å². The highest BCUT2D eigenvalue weighted by Gasteiger charge is 2.16. The van der Waals surface area contributed by atoms with Gasteiger partial charge in [-0.2, -0.15) is 0 Å². The molecule has 3 rings (SSSR count). The third kappa shape index (κ3) is 5.36. The lowest BCUT2D eigenvalue weighted by atomic mass is 10.1. The van der Waals surface area contributed by atoms with Crippen LogP contribution in [0.4, 0.5) is 0 Å². The van der Waals surface area contributed by atoms with Crippen molar-refractivity contribution in [3.8, 4) is 0 Å². The number of carbonyl (C=O) groups is 1. The van der Waals surface area contributed by atoms with E-state index in [0.717, 1.165) is 41.2 Å². The second kappa shape index (κ2) is 9.60. The Morgan fingerprint density at radius 1 is 1.15 bits per heavy atom. The van der Waals surface area contributed by atoms with Gasteiger partial charge in [0, 0.05) is 5.75 Å². The van der Waals surface area contributed by atoms with Gasteiger partial charge in [-0.15, -0.1) is 0 Å². The molecule has 0 fully saturated rings. The fourth-order valence-corrected chi connectivity index (χ4v) is 3.83. The van der Waals surface area contributed by atoms with Gasteiger partial charge in [-0.05, 0) is 43.9 Å². The zero-order valence-corrected chi connectivity index (χ0v) is 16.7. The maximum absolute atomic E-state index is 12.3. The molecule has 0 aliphatic rings. The molecular formula is C22H26N2O2S. The number of rotatable bonds is 9. The number of carbonyl (C=O) groups excluding carboxylic acids is 1. The van der Waals surface area contributed by atoms with Gasteiger partial charge in [0.05, 0.1) is 17.1 Å². The number of imidazole rings is 1. The Kier molecular flexibility index (Phi) is 6.93. The molecule has 1 unspecified atom stereocenters. The number of hydrogen-bond acceptors (Lipinski definition) is 4. The SMILES string of the molecule is CCC(C)OC(=O)Cn1c(SCCCc2ccccc2)nc2ccccc21. The number of fused-ring (bicyclic) bond motifs is 1. The highest BCUT2D eigenvalue weighted by atomic mass is 32.2. The van der Waals surface area contributed by atoms with Crippen molar-refractivity contribution in [3.63, 3.8) is 0 Å². The largest absolute Gasteiger partial charge is 0.461 e. The first-order valence-corrected chi connectivity index (χ1v) is 10.5. The van der Waals surface area contributed by atoms with E-state index >= 15 is 0 Å². The molecule has 5 heteroatoms. The third-order valence-corrected chi connectivity index (χ3v) is 5.56. The van der Waals surface area contributed by atoms with Crippen molar-refractivity contribution in [1.29, 1.82) is 0 Å². The maximum atomic E-state index is 12.3. The van der Waals surface area contributed by atoms with Gasteiger partial charge in [0.25, 0.3) is 0 Å². The number of aryl methyl sites for hydroxylation is 1. The van der Waals surface area contributed by atoms with E-state index in [1.165, 1.54) is 5.56 Å². The molecule has 0 N–H and O–H groups in total. The average Bonchev–Trinajstić information content (AvgIpc) is 3.03. The quantitative estimate of drug-likeness (QED) is 0.293. The number of hydrogen-bond donors (Lipinski definition) is 0. The molecule has 3 aromatic rings. The van der Waals surface area contributed by atoms with Crippen LogP contribution in [0, 0.1) is 0 Å². The van der Waals surface area contributed by atoms with Crippen molar-refractivity contribution in [3.05, 3.63) is 60.2 Å². The van der Waals surface area contributed by atoms with Crippen LogP contribution >= 0.6 is 11.8 Å². The summed E-state index contributed by atoms with van der Waals surface area (Å²) in [6, 6.07) is 18.4. The summed E-state index contributed by atoms with van der Waals surface area (Å²) in [5.74, 6) is 0.747. The van der Waals surface area contributed by atoms with Crippen molar-refractivity contribution >= 4 is 28.8 Å². The molecule has 142 valence electrons. The summed E-state index contributed by atoms with van der Waals surface area (Å²) in [4.78, 5) is 17.0. The number of thioether (sulfide) groups is 1. The Morgan fingerprint density at radius 3 is 2.67 bits per heavy atom. The van der Waals surface area contributed by atoms with Crippen LogP contribution in [0.15, 0.2) is 59.8 Å². The van der Waals surface area contributed by atoms with Crippen molar-refractivity contribution in [2.45, 2.75) is 50.9 Å². The third-order valence-electron chi connectivity index (χ3n) is 4.50. The lowest BCUT2D eigenvalue weighted by Gasteiger charge is -2.13. The molecule has 0 saturated heterocycles. The molecule has 0 aliphatic carbocycles. The Balaban J connectivity index is 1.67. The van der Waals surface area contributed by atoms with Crippen LogP contribution < -0.4 is 0 Å². The summed E-state index contributed by atoms with van der Waals surface area (Å²) in [6.45, 7) is 4.13. The van der Waals surface area contributed by atoms with Crippen molar-refractivity contribution in [2.75, 3.05) is 5.75 Å². The molecule has 0 aliphatic heterocycles. The summed E-state index contributed by atoms with van der Waals surface area (Å²) in [6.07, 6.45) is 2.87. The molecule has 0 radical (unpaired) electrons. The van der Waals surface area contributed by atoms with E-state index in [4.69, 9.17) is 9.72 Å². The average molecular weight is 383 g/mol. The molecule has 0 spiro atoms. The van der Waals surface area contributed by atoms with E-state index in [1.54, 1.807) is 11.8 Å². The summed E-state index contributed by atoms with van der Waals surface area (Å²) in [5.41, 5.74) is 3.24. The Morgan fingerprint density at radius 2 is 1.89 bits per heavy atom. The highest BCUT2D eigenvalue weighted by molar-refractivity contribution is 7.99. The standard InChI is InChI=1S/C22H26N2O2S/c1-3-17(2)26-21(25)16-24-20-14-8-7-13-19(20)23-22(24)27-15-9-12-18-10-5-4-6-11-18/h4-8,10-11,13-14,17H,3,9,12,15-16H2,1-2H3. The van der Waals surface area contributed by atoms with Gasteiger partial charge in [0.15, 0.2) is 5.16 Å². The number of benzene rings is 2. The second-order valence-corrected chi connectivity index (χ2v) is 7.68. The molecule has 1 heterocycles. The number of para-hydroxylation sites is 2. The van der Waals surface area contributed by atoms with E-state index in [2.05, 4.69) is 24.3 Å². The molecule has 1 aromatic heterocycles. The van der Waals surface area contributed by atoms with Crippen LogP contribution in [0.25, 0.3) is 11.0 Å². The van der Waals surface area contributed by atoms with Gasteiger partial charge < -0.3 is 9.30 Å². The van der Waals surface area contributed by atoms with Crippen LogP contribution in [0.5, 0.6) is 0 Å². The Hall–Kier alpha value is -2.27. The van der Waals surface area contributed by atoms with Gasteiger partial charge in [-0.3, -0.25) is 4.79 Å². The first-order chi connectivity index (χ1) is 13.2. The summed E-state index contributed by atoms with van der Waals surface area (Å²) in [7, 11) is 0. The predicted octanol–water partition coefficient (Wildman–Crippen LogP) is 5.10. The fourth-order valence-electron chi connectivity index (χ4n) is 2.87. The van der Waals surface area contributed by atoms with Crippen LogP contribution in [0.3, 0.4) is 0 Å². The summed E-state index contributed by atoms with van der Waals surface area (Å²) < 4.78 is 7.44. The van der Waals surface area contributed by atoms with E-state index in [1.807, 2.05) is 48.7 Å². The van der Waals surface area contributed by atoms with Gasteiger partial charge in [0.1, 0.15) is 6.54 Å². The molecule has 27 heavy (non-hydrogen) atoms.